The van der Waals surface area contributed by atoms with E-state index in [1.165, 1.54) is 0 Å². The van der Waals surface area contributed by atoms with Crippen molar-refractivity contribution in [2.45, 2.75) is 38.9 Å². The average molecular weight is 362 g/mol. The number of hydrogen-bond acceptors (Lipinski definition) is 2. The van der Waals surface area contributed by atoms with Crippen LogP contribution in [0.1, 0.15) is 35.7 Å². The molecule has 1 aliphatic rings. The second kappa shape index (κ2) is 5.21. The molecule has 2 atom stereocenters. The summed E-state index contributed by atoms with van der Waals surface area (Å²) in [6, 6.07) is 3.82. The van der Waals surface area contributed by atoms with Gasteiger partial charge in [0, 0.05) is 14.5 Å². The van der Waals surface area contributed by atoms with Crippen molar-refractivity contribution in [2.24, 2.45) is 0 Å². The van der Waals surface area contributed by atoms with Gasteiger partial charge >= 0.3 is 0 Å². The topological polar surface area (TPSA) is 26.3 Å². The third kappa shape index (κ3) is 2.80. The second-order valence-corrected chi connectivity index (χ2v) is 6.17. The molecule has 1 heterocycles. The summed E-state index contributed by atoms with van der Waals surface area (Å²) in [4.78, 5) is 12.3. The number of rotatable bonds is 2. The van der Waals surface area contributed by atoms with E-state index >= 15 is 0 Å². The molecule has 0 aromatic heterocycles. The number of hydrogen-bond donors (Lipinski definition) is 0. The van der Waals surface area contributed by atoms with Crippen LogP contribution in [0.2, 0.25) is 0 Å². The molecule has 0 saturated carbocycles. The second-order valence-electron chi connectivity index (χ2n) is 4.46. The SMILES string of the molecule is Cc1cc(Br)c(C(=O)C2CCC(C)O2)cc1Br. The molecule has 1 aromatic rings. The molecule has 0 bridgehead atoms. The first kappa shape index (κ1) is 13.2. The van der Waals surface area contributed by atoms with Crippen LogP contribution in [0.15, 0.2) is 21.1 Å². The van der Waals surface area contributed by atoms with Gasteiger partial charge in [-0.3, -0.25) is 4.79 Å². The number of Topliss-reactive ketones (excluding diaryl/α,β-unsaturated/α-hetero) is 1. The van der Waals surface area contributed by atoms with Gasteiger partial charge in [0.25, 0.3) is 0 Å². The monoisotopic (exact) mass is 360 g/mol. The van der Waals surface area contributed by atoms with Crippen molar-refractivity contribution in [1.29, 1.82) is 0 Å². The molecule has 0 spiro atoms. The van der Waals surface area contributed by atoms with Crippen LogP contribution in [0.25, 0.3) is 0 Å². The van der Waals surface area contributed by atoms with Crippen molar-refractivity contribution in [3.05, 3.63) is 32.2 Å². The number of aryl methyl sites for hydroxylation is 1. The van der Waals surface area contributed by atoms with E-state index in [0.717, 1.165) is 27.4 Å². The first-order chi connectivity index (χ1) is 7.99. The largest absolute Gasteiger partial charge is 0.367 e. The molecular weight excluding hydrogens is 348 g/mol. The molecule has 17 heavy (non-hydrogen) atoms. The minimum Gasteiger partial charge on any atom is -0.367 e. The Balaban J connectivity index is 2.28. The van der Waals surface area contributed by atoms with Crippen molar-refractivity contribution in [3.63, 3.8) is 0 Å². The molecule has 0 amide bonds. The lowest BCUT2D eigenvalue weighted by Crippen LogP contribution is -2.21. The Labute approximate surface area is 118 Å². The summed E-state index contributed by atoms with van der Waals surface area (Å²) in [5.74, 6) is 0.0712. The lowest BCUT2D eigenvalue weighted by molar-refractivity contribution is 0.0432. The Morgan fingerprint density at radius 3 is 2.59 bits per heavy atom. The highest BCUT2D eigenvalue weighted by Crippen LogP contribution is 2.29. The quantitative estimate of drug-likeness (QED) is 0.735. The minimum atomic E-state index is -0.282. The summed E-state index contributed by atoms with van der Waals surface area (Å²) in [6.45, 7) is 4.00. The normalized spacial score (nSPS) is 24.0. The first-order valence-electron chi connectivity index (χ1n) is 5.64. The molecule has 0 radical (unpaired) electrons. The molecule has 2 unspecified atom stereocenters. The fourth-order valence-corrected chi connectivity index (χ4v) is 3.00. The van der Waals surface area contributed by atoms with Crippen LogP contribution >= 0.6 is 31.9 Å². The van der Waals surface area contributed by atoms with E-state index in [2.05, 4.69) is 31.9 Å². The van der Waals surface area contributed by atoms with E-state index in [0.29, 0.717) is 5.56 Å². The van der Waals surface area contributed by atoms with Crippen molar-refractivity contribution in [3.8, 4) is 0 Å². The van der Waals surface area contributed by atoms with Gasteiger partial charge in [0.2, 0.25) is 0 Å². The Hall–Kier alpha value is -0.190. The van der Waals surface area contributed by atoms with Crippen LogP contribution in [-0.4, -0.2) is 18.0 Å². The smallest absolute Gasteiger partial charge is 0.192 e. The van der Waals surface area contributed by atoms with Gasteiger partial charge in [-0.2, -0.15) is 0 Å². The predicted molar refractivity (Wildman–Crippen MR) is 74.5 cm³/mol. The van der Waals surface area contributed by atoms with Crippen molar-refractivity contribution in [2.75, 3.05) is 0 Å². The standard InChI is InChI=1S/C13H14Br2O2/c1-7-5-11(15)9(6-10(7)14)13(16)12-4-3-8(2)17-12/h5-6,8,12H,3-4H2,1-2H3. The van der Waals surface area contributed by atoms with Crippen LogP contribution < -0.4 is 0 Å². The number of carbonyl (C=O) groups is 1. The first-order valence-corrected chi connectivity index (χ1v) is 7.23. The molecule has 4 heteroatoms. The van der Waals surface area contributed by atoms with Crippen LogP contribution in [0.5, 0.6) is 0 Å². The predicted octanol–water partition coefficient (Wildman–Crippen LogP) is 4.27. The molecule has 1 aromatic carbocycles. The van der Waals surface area contributed by atoms with Gasteiger partial charge in [0.1, 0.15) is 6.10 Å². The third-order valence-corrected chi connectivity index (χ3v) is 4.55. The van der Waals surface area contributed by atoms with Crippen LogP contribution in [-0.2, 0) is 4.74 Å². The number of ether oxygens (including phenoxy) is 1. The number of halogens is 2. The third-order valence-electron chi connectivity index (χ3n) is 3.04. The van der Waals surface area contributed by atoms with Gasteiger partial charge in [-0.15, -0.1) is 0 Å². The highest BCUT2D eigenvalue weighted by molar-refractivity contribution is 9.11. The zero-order valence-corrected chi connectivity index (χ0v) is 13.0. The van der Waals surface area contributed by atoms with Gasteiger partial charge in [-0.1, -0.05) is 31.9 Å². The fourth-order valence-electron chi connectivity index (χ4n) is 2.00. The van der Waals surface area contributed by atoms with Gasteiger partial charge in [-0.05, 0) is 44.4 Å². The van der Waals surface area contributed by atoms with Crippen molar-refractivity contribution < 1.29 is 9.53 Å². The summed E-state index contributed by atoms with van der Waals surface area (Å²) >= 11 is 6.90. The van der Waals surface area contributed by atoms with Gasteiger partial charge in [0.05, 0.1) is 6.10 Å². The minimum absolute atomic E-state index is 0.0712. The molecule has 1 fully saturated rings. The van der Waals surface area contributed by atoms with E-state index in [-0.39, 0.29) is 18.0 Å². The lowest BCUT2D eigenvalue weighted by atomic mass is 10.0. The van der Waals surface area contributed by atoms with E-state index in [4.69, 9.17) is 4.74 Å². The number of benzene rings is 1. The van der Waals surface area contributed by atoms with Gasteiger partial charge < -0.3 is 4.74 Å². The van der Waals surface area contributed by atoms with Crippen molar-refractivity contribution in [1.82, 2.24) is 0 Å². The summed E-state index contributed by atoms with van der Waals surface area (Å²) in [5, 5.41) is 0. The Morgan fingerprint density at radius 2 is 2.00 bits per heavy atom. The zero-order chi connectivity index (χ0) is 12.6. The highest BCUT2D eigenvalue weighted by Gasteiger charge is 2.30. The zero-order valence-electron chi connectivity index (χ0n) is 9.80. The Kier molecular flexibility index (Phi) is 4.06. The number of ketones is 1. The summed E-state index contributed by atoms with van der Waals surface area (Å²) in [5.41, 5.74) is 1.80. The molecule has 92 valence electrons. The summed E-state index contributed by atoms with van der Waals surface area (Å²) < 4.78 is 7.41. The van der Waals surface area contributed by atoms with E-state index in [9.17, 15) is 4.79 Å². The summed E-state index contributed by atoms with van der Waals surface area (Å²) in [6.07, 6.45) is 1.69. The highest BCUT2D eigenvalue weighted by atomic mass is 79.9. The summed E-state index contributed by atoms with van der Waals surface area (Å²) in [7, 11) is 0. The maximum absolute atomic E-state index is 12.3. The van der Waals surface area contributed by atoms with E-state index < -0.39 is 0 Å². The maximum atomic E-state index is 12.3. The van der Waals surface area contributed by atoms with Crippen LogP contribution in [0.4, 0.5) is 0 Å². The van der Waals surface area contributed by atoms with Gasteiger partial charge in [0.15, 0.2) is 5.78 Å². The average Bonchev–Trinajstić information content (AvgIpc) is 2.69. The molecule has 2 rings (SSSR count). The maximum Gasteiger partial charge on any atom is 0.192 e. The van der Waals surface area contributed by atoms with Crippen LogP contribution in [0, 0.1) is 6.92 Å². The Bertz CT molecular complexity index is 457. The Morgan fingerprint density at radius 1 is 1.29 bits per heavy atom. The molecule has 0 N–H and O–H groups in total. The molecule has 2 nitrogen and oxygen atoms in total. The molecular formula is C13H14Br2O2. The fraction of sp³-hybridized carbons (Fsp3) is 0.462. The van der Waals surface area contributed by atoms with Gasteiger partial charge in [-0.25, -0.2) is 0 Å². The number of carbonyl (C=O) groups excluding carboxylic acids is 1. The molecule has 0 aliphatic carbocycles. The van der Waals surface area contributed by atoms with Crippen LogP contribution in [0.3, 0.4) is 0 Å². The van der Waals surface area contributed by atoms with E-state index in [1.54, 1.807) is 0 Å². The van der Waals surface area contributed by atoms with E-state index in [1.807, 2.05) is 26.0 Å². The molecule has 1 aliphatic heterocycles. The lowest BCUT2D eigenvalue weighted by Gasteiger charge is -2.12. The molecule has 1 saturated heterocycles. The van der Waals surface area contributed by atoms with Crippen molar-refractivity contribution >= 4 is 37.6 Å².